The molecule has 0 aromatic carbocycles. The lowest BCUT2D eigenvalue weighted by atomic mass is 10.3. The van der Waals surface area contributed by atoms with Gasteiger partial charge in [-0.05, 0) is 13.5 Å². The van der Waals surface area contributed by atoms with Crippen LogP contribution >= 0.6 is 11.8 Å². The maximum Gasteiger partial charge on any atom is 0.167 e. The Hall–Kier alpha value is -0.990. The third-order valence-corrected chi connectivity index (χ3v) is 3.01. The summed E-state index contributed by atoms with van der Waals surface area (Å²) in [7, 11) is 3.77. The minimum Gasteiger partial charge on any atom is -0.329 e. The molecular weight excluding hydrogens is 196 g/mol. The van der Waals surface area contributed by atoms with E-state index in [1.54, 1.807) is 25.0 Å². The predicted molar refractivity (Wildman–Crippen MR) is 57.0 cm³/mol. The number of nitrogens with one attached hydrogen (secondary N) is 1. The molecule has 1 aromatic rings. The monoisotopic (exact) mass is 210 g/mol. The summed E-state index contributed by atoms with van der Waals surface area (Å²) >= 11 is 1.67. The first kappa shape index (κ1) is 11.1. The summed E-state index contributed by atoms with van der Waals surface area (Å²) in [6.45, 7) is 0. The van der Waals surface area contributed by atoms with Gasteiger partial charge in [-0.2, -0.15) is 5.26 Å². The van der Waals surface area contributed by atoms with Gasteiger partial charge in [0.05, 0.1) is 12.1 Å². The minimum atomic E-state index is -0.0530. The van der Waals surface area contributed by atoms with Crippen molar-refractivity contribution in [2.45, 2.75) is 17.6 Å². The van der Waals surface area contributed by atoms with Crippen molar-refractivity contribution in [1.82, 2.24) is 14.9 Å². The van der Waals surface area contributed by atoms with Crippen LogP contribution in [0.3, 0.4) is 0 Å². The van der Waals surface area contributed by atoms with Crippen molar-refractivity contribution < 1.29 is 0 Å². The molecule has 14 heavy (non-hydrogen) atoms. The quantitative estimate of drug-likeness (QED) is 0.737. The second kappa shape index (κ2) is 5.68. The van der Waals surface area contributed by atoms with Crippen LogP contribution in [0.1, 0.15) is 6.42 Å². The Bertz CT molecular complexity index is 315. The molecule has 0 spiro atoms. The van der Waals surface area contributed by atoms with E-state index in [1.807, 2.05) is 17.8 Å². The van der Waals surface area contributed by atoms with Crippen molar-refractivity contribution in [3.63, 3.8) is 0 Å². The summed E-state index contributed by atoms with van der Waals surface area (Å²) < 4.78 is 1.98. The van der Waals surface area contributed by atoms with Crippen LogP contribution in [0, 0.1) is 11.3 Å². The van der Waals surface area contributed by atoms with Gasteiger partial charge in [0.15, 0.2) is 5.16 Å². The number of rotatable bonds is 5. The molecule has 0 amide bonds. The van der Waals surface area contributed by atoms with E-state index in [4.69, 9.17) is 5.26 Å². The van der Waals surface area contributed by atoms with Gasteiger partial charge in [-0.1, -0.05) is 11.8 Å². The second-order valence-corrected chi connectivity index (χ2v) is 3.99. The summed E-state index contributed by atoms with van der Waals surface area (Å²) in [6.07, 6.45) is 4.54. The molecule has 5 heteroatoms. The Morgan fingerprint density at radius 1 is 1.79 bits per heavy atom. The van der Waals surface area contributed by atoms with Gasteiger partial charge < -0.3 is 9.88 Å². The Morgan fingerprint density at radius 2 is 2.57 bits per heavy atom. The molecule has 1 aromatic heterocycles. The molecule has 0 aliphatic carbocycles. The Morgan fingerprint density at radius 3 is 3.07 bits per heavy atom. The average molecular weight is 210 g/mol. The standard InChI is InChI=1S/C9H14N4S/c1-11-8(7-10)3-6-14-9-12-4-5-13(9)2/h4-5,8,11H,3,6H2,1-2H3. The second-order valence-electron chi connectivity index (χ2n) is 2.93. The molecule has 0 fully saturated rings. The molecule has 1 heterocycles. The maximum atomic E-state index is 8.70. The number of aromatic nitrogens is 2. The van der Waals surface area contributed by atoms with E-state index in [-0.39, 0.29) is 6.04 Å². The first-order valence-corrected chi connectivity index (χ1v) is 5.43. The zero-order chi connectivity index (χ0) is 10.4. The molecule has 0 aliphatic heterocycles. The number of thioether (sulfide) groups is 1. The van der Waals surface area contributed by atoms with Crippen LogP contribution in [0.25, 0.3) is 0 Å². The average Bonchev–Trinajstić information content (AvgIpc) is 2.59. The highest BCUT2D eigenvalue weighted by atomic mass is 32.2. The van der Waals surface area contributed by atoms with Gasteiger partial charge in [-0.25, -0.2) is 4.98 Å². The molecule has 0 bridgehead atoms. The van der Waals surface area contributed by atoms with Crippen LogP contribution in [-0.2, 0) is 7.05 Å². The first-order chi connectivity index (χ1) is 6.77. The van der Waals surface area contributed by atoms with Gasteiger partial charge in [0.25, 0.3) is 0 Å². The van der Waals surface area contributed by atoms with E-state index in [9.17, 15) is 0 Å². The van der Waals surface area contributed by atoms with Crippen LogP contribution in [0.4, 0.5) is 0 Å². The number of nitriles is 1. The maximum absolute atomic E-state index is 8.70. The molecule has 0 aliphatic rings. The van der Waals surface area contributed by atoms with Crippen molar-refractivity contribution in [3.8, 4) is 6.07 Å². The van der Waals surface area contributed by atoms with Crippen LogP contribution in [0.15, 0.2) is 17.6 Å². The number of aryl methyl sites for hydroxylation is 1. The molecule has 0 saturated heterocycles. The summed E-state index contributed by atoms with van der Waals surface area (Å²) in [5, 5.41) is 12.6. The van der Waals surface area contributed by atoms with Gasteiger partial charge >= 0.3 is 0 Å². The lowest BCUT2D eigenvalue weighted by Gasteiger charge is -2.06. The van der Waals surface area contributed by atoms with E-state index in [0.29, 0.717) is 0 Å². The summed E-state index contributed by atoms with van der Waals surface area (Å²) in [6, 6.07) is 2.14. The number of nitrogens with zero attached hydrogens (tertiary/aromatic N) is 3. The van der Waals surface area contributed by atoms with Crippen molar-refractivity contribution in [3.05, 3.63) is 12.4 Å². The van der Waals surface area contributed by atoms with Crippen LogP contribution in [0.2, 0.25) is 0 Å². The van der Waals surface area contributed by atoms with Crippen LogP contribution in [0.5, 0.6) is 0 Å². The van der Waals surface area contributed by atoms with Crippen molar-refractivity contribution in [1.29, 1.82) is 5.26 Å². The molecule has 1 atom stereocenters. The molecule has 1 N–H and O–H groups in total. The van der Waals surface area contributed by atoms with E-state index in [1.165, 1.54) is 0 Å². The summed E-state index contributed by atoms with van der Waals surface area (Å²) in [5.74, 6) is 0.907. The summed E-state index contributed by atoms with van der Waals surface area (Å²) in [5.41, 5.74) is 0. The highest BCUT2D eigenvalue weighted by molar-refractivity contribution is 7.99. The molecule has 1 unspecified atom stereocenters. The predicted octanol–water partition coefficient (Wildman–Crippen LogP) is 1.01. The normalized spacial score (nSPS) is 12.4. The lowest BCUT2D eigenvalue weighted by molar-refractivity contribution is 0.662. The van der Waals surface area contributed by atoms with Gasteiger partial charge in [0.2, 0.25) is 0 Å². The number of imidazole rings is 1. The van der Waals surface area contributed by atoms with Gasteiger partial charge in [-0.15, -0.1) is 0 Å². The van der Waals surface area contributed by atoms with Crippen LogP contribution < -0.4 is 5.32 Å². The largest absolute Gasteiger partial charge is 0.329 e. The zero-order valence-electron chi connectivity index (χ0n) is 8.40. The third-order valence-electron chi connectivity index (χ3n) is 1.92. The number of hydrogen-bond acceptors (Lipinski definition) is 4. The van der Waals surface area contributed by atoms with Crippen molar-refractivity contribution in [2.24, 2.45) is 7.05 Å². The highest BCUT2D eigenvalue weighted by Gasteiger charge is 2.05. The zero-order valence-corrected chi connectivity index (χ0v) is 9.21. The van der Waals surface area contributed by atoms with E-state index in [0.717, 1.165) is 17.3 Å². The molecule has 76 valence electrons. The molecular formula is C9H14N4S. The SMILES string of the molecule is CNC(C#N)CCSc1nccn1C. The fourth-order valence-corrected chi connectivity index (χ4v) is 1.97. The van der Waals surface area contributed by atoms with E-state index in [2.05, 4.69) is 16.4 Å². The van der Waals surface area contributed by atoms with Gasteiger partial charge in [-0.3, -0.25) is 0 Å². The molecule has 4 nitrogen and oxygen atoms in total. The lowest BCUT2D eigenvalue weighted by Crippen LogP contribution is -2.23. The van der Waals surface area contributed by atoms with E-state index < -0.39 is 0 Å². The Kier molecular flexibility index (Phi) is 4.50. The Labute approximate surface area is 88.3 Å². The molecule has 0 saturated carbocycles. The van der Waals surface area contributed by atoms with E-state index >= 15 is 0 Å². The fraction of sp³-hybridized carbons (Fsp3) is 0.556. The Balaban J connectivity index is 2.29. The van der Waals surface area contributed by atoms with Crippen LogP contribution in [-0.4, -0.2) is 28.4 Å². The van der Waals surface area contributed by atoms with Gasteiger partial charge in [0.1, 0.15) is 0 Å². The first-order valence-electron chi connectivity index (χ1n) is 4.45. The number of hydrogen-bond donors (Lipinski definition) is 1. The third kappa shape index (κ3) is 3.05. The van der Waals surface area contributed by atoms with Crippen molar-refractivity contribution in [2.75, 3.05) is 12.8 Å². The molecule has 1 rings (SSSR count). The molecule has 0 radical (unpaired) electrons. The summed E-state index contributed by atoms with van der Waals surface area (Å²) in [4.78, 5) is 4.19. The topological polar surface area (TPSA) is 53.6 Å². The fourth-order valence-electron chi connectivity index (χ4n) is 1.03. The smallest absolute Gasteiger partial charge is 0.167 e. The minimum absolute atomic E-state index is 0.0530. The van der Waals surface area contributed by atoms with Crippen molar-refractivity contribution >= 4 is 11.8 Å². The van der Waals surface area contributed by atoms with Gasteiger partial charge in [0, 0.05) is 25.2 Å². The highest BCUT2D eigenvalue weighted by Crippen LogP contribution is 2.15.